The molecule has 0 heterocycles. The minimum atomic E-state index is 0.601. The van der Waals surface area contributed by atoms with E-state index in [4.69, 9.17) is 23.2 Å². The highest BCUT2D eigenvalue weighted by molar-refractivity contribution is 7.55. The molecule has 0 radical (unpaired) electrons. The number of halogens is 2. The van der Waals surface area contributed by atoms with Gasteiger partial charge in [-0.15, -0.1) is 0 Å². The first-order valence-corrected chi connectivity index (χ1v) is 6.28. The van der Waals surface area contributed by atoms with Crippen molar-refractivity contribution in [2.75, 3.05) is 0 Å². The summed E-state index contributed by atoms with van der Waals surface area (Å²) in [4.78, 5) is 0. The molecule has 0 saturated heterocycles. The van der Waals surface area contributed by atoms with E-state index in [0.29, 0.717) is 8.58 Å². The van der Waals surface area contributed by atoms with Crippen LogP contribution in [0, 0.1) is 0 Å². The summed E-state index contributed by atoms with van der Waals surface area (Å²) in [6.07, 6.45) is 0. The molecule has 0 spiro atoms. The fourth-order valence-corrected chi connectivity index (χ4v) is 3.01. The fourth-order valence-electron chi connectivity index (χ4n) is 1.30. The lowest BCUT2D eigenvalue weighted by Gasteiger charge is -2.02. The van der Waals surface area contributed by atoms with Crippen LogP contribution >= 0.6 is 31.8 Å². The molecule has 0 aliphatic carbocycles. The highest BCUT2D eigenvalue weighted by Gasteiger charge is 1.97. The first kappa shape index (κ1) is 11.0. The molecular weight excluding hydrogens is 246 g/mol. The predicted octanol–water partition coefficient (Wildman–Crippen LogP) is 3.62. The van der Waals surface area contributed by atoms with Gasteiger partial charge in [0.1, 0.15) is 0 Å². The van der Waals surface area contributed by atoms with Gasteiger partial charge in [-0.3, -0.25) is 0 Å². The SMILES string of the molecule is Clc1cccc(Pc2cccc(Cl)c2)c1. The smallest absolute Gasteiger partial charge is 0.0412 e. The first-order valence-electron chi connectivity index (χ1n) is 4.52. The Kier molecular flexibility index (Phi) is 3.64. The van der Waals surface area contributed by atoms with Crippen molar-refractivity contribution in [1.82, 2.24) is 0 Å². The molecule has 2 aromatic rings. The Morgan fingerprint density at radius 3 is 1.60 bits per heavy atom. The Morgan fingerprint density at radius 1 is 0.733 bits per heavy atom. The molecule has 76 valence electrons. The Hall–Kier alpha value is -0.550. The molecule has 0 atom stereocenters. The van der Waals surface area contributed by atoms with Gasteiger partial charge in [0.2, 0.25) is 0 Å². The second-order valence-corrected chi connectivity index (χ2v) is 5.42. The summed E-state index contributed by atoms with van der Waals surface area (Å²) >= 11 is 11.8. The second kappa shape index (κ2) is 4.99. The molecule has 0 fully saturated rings. The van der Waals surface area contributed by atoms with E-state index < -0.39 is 0 Å². The van der Waals surface area contributed by atoms with Crippen molar-refractivity contribution < 1.29 is 0 Å². The molecule has 15 heavy (non-hydrogen) atoms. The van der Waals surface area contributed by atoms with E-state index in [2.05, 4.69) is 12.1 Å². The van der Waals surface area contributed by atoms with Gasteiger partial charge in [0, 0.05) is 10.0 Å². The number of benzene rings is 2. The molecule has 0 N–H and O–H groups in total. The fraction of sp³-hybridized carbons (Fsp3) is 0. The lowest BCUT2D eigenvalue weighted by atomic mass is 10.4. The van der Waals surface area contributed by atoms with E-state index in [0.717, 1.165) is 10.0 Å². The summed E-state index contributed by atoms with van der Waals surface area (Å²) in [5.41, 5.74) is 0. The van der Waals surface area contributed by atoms with E-state index in [1.54, 1.807) is 0 Å². The summed E-state index contributed by atoms with van der Waals surface area (Å²) < 4.78 is 0. The maximum atomic E-state index is 5.92. The van der Waals surface area contributed by atoms with Crippen LogP contribution in [0.15, 0.2) is 48.5 Å². The van der Waals surface area contributed by atoms with Crippen molar-refractivity contribution in [3.8, 4) is 0 Å². The van der Waals surface area contributed by atoms with Crippen molar-refractivity contribution in [2.24, 2.45) is 0 Å². The molecule has 0 aliphatic heterocycles. The molecular formula is C12H9Cl2P. The Labute approximate surface area is 101 Å². The Morgan fingerprint density at radius 2 is 1.20 bits per heavy atom. The summed E-state index contributed by atoms with van der Waals surface area (Å²) in [6, 6.07) is 15.8. The van der Waals surface area contributed by atoms with Crippen LogP contribution in [0.2, 0.25) is 10.0 Å². The van der Waals surface area contributed by atoms with Crippen molar-refractivity contribution in [3.05, 3.63) is 58.6 Å². The van der Waals surface area contributed by atoms with Crippen molar-refractivity contribution >= 4 is 42.4 Å². The van der Waals surface area contributed by atoms with Gasteiger partial charge < -0.3 is 0 Å². The van der Waals surface area contributed by atoms with Gasteiger partial charge in [0.15, 0.2) is 0 Å². The topological polar surface area (TPSA) is 0 Å². The lowest BCUT2D eigenvalue weighted by molar-refractivity contribution is 1.76. The van der Waals surface area contributed by atoms with Gasteiger partial charge in [-0.2, -0.15) is 0 Å². The van der Waals surface area contributed by atoms with Gasteiger partial charge in [-0.25, -0.2) is 0 Å². The van der Waals surface area contributed by atoms with Crippen LogP contribution in [0.5, 0.6) is 0 Å². The zero-order valence-corrected chi connectivity index (χ0v) is 10.4. The van der Waals surface area contributed by atoms with Crippen LogP contribution in [0.4, 0.5) is 0 Å². The molecule has 3 heteroatoms. The van der Waals surface area contributed by atoms with Gasteiger partial charge >= 0.3 is 0 Å². The van der Waals surface area contributed by atoms with Crippen molar-refractivity contribution in [3.63, 3.8) is 0 Å². The third kappa shape index (κ3) is 3.21. The Balaban J connectivity index is 2.22. The highest BCUT2D eigenvalue weighted by Crippen LogP contribution is 2.16. The Bertz CT molecular complexity index is 425. The quantitative estimate of drug-likeness (QED) is 0.719. The highest BCUT2D eigenvalue weighted by atomic mass is 35.5. The van der Waals surface area contributed by atoms with Crippen LogP contribution in [-0.4, -0.2) is 0 Å². The predicted molar refractivity (Wildman–Crippen MR) is 70.5 cm³/mol. The molecule has 0 saturated carbocycles. The van der Waals surface area contributed by atoms with E-state index >= 15 is 0 Å². The standard InChI is InChI=1S/C12H9Cl2P/c13-9-3-1-5-11(7-9)15-12-6-2-4-10(14)8-12/h1-8,15H. The summed E-state index contributed by atoms with van der Waals surface area (Å²) in [6.45, 7) is 0. The zero-order chi connectivity index (χ0) is 10.7. The van der Waals surface area contributed by atoms with E-state index in [1.807, 2.05) is 36.4 Å². The van der Waals surface area contributed by atoms with Gasteiger partial charge in [0.05, 0.1) is 0 Å². The van der Waals surface area contributed by atoms with Crippen LogP contribution in [0.25, 0.3) is 0 Å². The average Bonchev–Trinajstić information content (AvgIpc) is 2.17. The zero-order valence-electron chi connectivity index (χ0n) is 7.87. The minimum Gasteiger partial charge on any atom is -0.0843 e. The summed E-state index contributed by atoms with van der Waals surface area (Å²) in [5.74, 6) is 0. The molecule has 2 aromatic carbocycles. The summed E-state index contributed by atoms with van der Waals surface area (Å²) in [7, 11) is 0.601. The molecule has 0 amide bonds. The van der Waals surface area contributed by atoms with Gasteiger partial charge in [-0.1, -0.05) is 56.0 Å². The average molecular weight is 255 g/mol. The largest absolute Gasteiger partial charge is 0.0843 e. The van der Waals surface area contributed by atoms with E-state index in [1.165, 1.54) is 10.6 Å². The third-order valence-corrected chi connectivity index (χ3v) is 3.61. The molecule has 0 unspecified atom stereocenters. The van der Waals surface area contributed by atoms with E-state index in [9.17, 15) is 0 Å². The van der Waals surface area contributed by atoms with Crippen LogP contribution in [-0.2, 0) is 0 Å². The normalized spacial score (nSPS) is 10.3. The molecule has 2 rings (SSSR count). The lowest BCUT2D eigenvalue weighted by Crippen LogP contribution is -2.02. The molecule has 0 aromatic heterocycles. The van der Waals surface area contributed by atoms with Gasteiger partial charge in [-0.05, 0) is 34.9 Å². The van der Waals surface area contributed by atoms with Crippen LogP contribution in [0.3, 0.4) is 0 Å². The van der Waals surface area contributed by atoms with Crippen LogP contribution < -0.4 is 10.6 Å². The molecule has 0 aliphatic rings. The maximum Gasteiger partial charge on any atom is 0.0412 e. The third-order valence-electron chi connectivity index (χ3n) is 1.94. The molecule has 0 nitrogen and oxygen atoms in total. The number of hydrogen-bond donors (Lipinski definition) is 0. The number of hydrogen-bond acceptors (Lipinski definition) is 0. The summed E-state index contributed by atoms with van der Waals surface area (Å²) in [5, 5.41) is 4.01. The van der Waals surface area contributed by atoms with Crippen molar-refractivity contribution in [2.45, 2.75) is 0 Å². The minimum absolute atomic E-state index is 0.601. The van der Waals surface area contributed by atoms with Gasteiger partial charge in [0.25, 0.3) is 0 Å². The van der Waals surface area contributed by atoms with Crippen molar-refractivity contribution in [1.29, 1.82) is 0 Å². The first-order chi connectivity index (χ1) is 7.24. The van der Waals surface area contributed by atoms with Crippen LogP contribution in [0.1, 0.15) is 0 Å². The maximum absolute atomic E-state index is 5.92. The second-order valence-electron chi connectivity index (χ2n) is 3.15. The van der Waals surface area contributed by atoms with E-state index in [-0.39, 0.29) is 0 Å². The molecule has 0 bridgehead atoms. The number of rotatable bonds is 2. The monoisotopic (exact) mass is 254 g/mol.